The van der Waals surface area contributed by atoms with E-state index in [9.17, 15) is 0 Å². The number of nitrogen functional groups attached to an aromatic ring is 1. The molecule has 0 saturated heterocycles. The minimum absolute atomic E-state index is 0.349. The van der Waals surface area contributed by atoms with E-state index in [-0.39, 0.29) is 0 Å². The second-order valence-electron chi connectivity index (χ2n) is 5.30. The normalized spacial score (nSPS) is 10.4. The number of benzene rings is 2. The van der Waals surface area contributed by atoms with Crippen molar-refractivity contribution in [3.63, 3.8) is 0 Å². The van der Waals surface area contributed by atoms with Crippen LogP contribution in [0.25, 0.3) is 11.3 Å². The van der Waals surface area contributed by atoms with Crippen molar-refractivity contribution in [2.75, 3.05) is 16.5 Å². The van der Waals surface area contributed by atoms with Crippen LogP contribution in [0.4, 0.5) is 11.6 Å². The lowest BCUT2D eigenvalue weighted by Crippen LogP contribution is -2.28. The molecule has 0 aliphatic rings. The summed E-state index contributed by atoms with van der Waals surface area (Å²) in [5.74, 6) is 0.349. The first kappa shape index (κ1) is 16.0. The highest BCUT2D eigenvalue weighted by Gasteiger charge is 2.08. The lowest BCUT2D eigenvalue weighted by molar-refractivity contribution is 0.994. The number of hydrogen-bond acceptors (Lipinski definition) is 3. The molecule has 0 unspecified atom stereocenters. The Labute approximate surface area is 146 Å². The standard InChI is InChI=1S/C18H19N5S/c1-2-13-8-6-7-11-15(13)21-18(24)22-23-12-16(20-17(23)19)14-9-4-3-5-10-14/h3-12H,2H2,1H3,(H2,19,20)(H2,21,22,24). The Balaban J connectivity index is 1.74. The van der Waals surface area contributed by atoms with Gasteiger partial charge in [0.2, 0.25) is 5.95 Å². The first-order valence-electron chi connectivity index (χ1n) is 7.73. The molecule has 1 aromatic heterocycles. The third kappa shape index (κ3) is 3.55. The van der Waals surface area contributed by atoms with Crippen molar-refractivity contribution in [2.45, 2.75) is 13.3 Å². The Bertz CT molecular complexity index is 842. The number of aryl methyl sites for hydroxylation is 1. The number of hydrogen-bond donors (Lipinski definition) is 3. The third-order valence-electron chi connectivity index (χ3n) is 3.67. The Morgan fingerprint density at radius 3 is 2.58 bits per heavy atom. The average molecular weight is 337 g/mol. The molecule has 4 N–H and O–H groups in total. The van der Waals surface area contributed by atoms with Gasteiger partial charge in [0.05, 0.1) is 11.9 Å². The molecular formula is C18H19N5S. The summed E-state index contributed by atoms with van der Waals surface area (Å²) in [6, 6.07) is 17.9. The fourth-order valence-electron chi connectivity index (χ4n) is 2.44. The number of thiocarbonyl (C=S) groups is 1. The minimum Gasteiger partial charge on any atom is -0.368 e. The molecule has 3 rings (SSSR count). The molecule has 2 aromatic carbocycles. The van der Waals surface area contributed by atoms with E-state index < -0.39 is 0 Å². The first-order valence-corrected chi connectivity index (χ1v) is 8.14. The Morgan fingerprint density at radius 2 is 1.83 bits per heavy atom. The van der Waals surface area contributed by atoms with Crippen LogP contribution in [0.2, 0.25) is 0 Å². The number of nitrogens with one attached hydrogen (secondary N) is 2. The molecule has 0 atom stereocenters. The molecule has 0 fully saturated rings. The van der Waals surface area contributed by atoms with Crippen molar-refractivity contribution in [3.05, 3.63) is 66.4 Å². The van der Waals surface area contributed by atoms with Crippen molar-refractivity contribution in [1.82, 2.24) is 9.66 Å². The van der Waals surface area contributed by atoms with Crippen LogP contribution in [0.3, 0.4) is 0 Å². The maximum Gasteiger partial charge on any atom is 0.220 e. The molecule has 0 saturated carbocycles. The van der Waals surface area contributed by atoms with Crippen LogP contribution in [0, 0.1) is 0 Å². The molecule has 24 heavy (non-hydrogen) atoms. The van der Waals surface area contributed by atoms with Crippen molar-refractivity contribution < 1.29 is 0 Å². The van der Waals surface area contributed by atoms with E-state index in [2.05, 4.69) is 28.7 Å². The van der Waals surface area contributed by atoms with Crippen LogP contribution in [-0.4, -0.2) is 14.8 Å². The summed E-state index contributed by atoms with van der Waals surface area (Å²) in [6.45, 7) is 2.11. The van der Waals surface area contributed by atoms with Gasteiger partial charge in [-0.3, -0.25) is 5.43 Å². The van der Waals surface area contributed by atoms with Gasteiger partial charge in [-0.05, 0) is 30.3 Å². The fraction of sp³-hybridized carbons (Fsp3) is 0.111. The highest BCUT2D eigenvalue weighted by Crippen LogP contribution is 2.19. The number of nitrogens with two attached hydrogens (primary N) is 1. The van der Waals surface area contributed by atoms with Gasteiger partial charge in [0.1, 0.15) is 0 Å². The molecule has 0 amide bonds. The van der Waals surface area contributed by atoms with Crippen LogP contribution in [-0.2, 0) is 6.42 Å². The van der Waals surface area contributed by atoms with E-state index in [0.717, 1.165) is 23.4 Å². The molecular weight excluding hydrogens is 318 g/mol. The van der Waals surface area contributed by atoms with Crippen LogP contribution in [0.5, 0.6) is 0 Å². The molecule has 6 heteroatoms. The number of nitrogens with zero attached hydrogens (tertiary/aromatic N) is 2. The van der Waals surface area contributed by atoms with Crippen molar-refractivity contribution in [3.8, 4) is 11.3 Å². The van der Waals surface area contributed by atoms with E-state index in [1.54, 1.807) is 4.68 Å². The van der Waals surface area contributed by atoms with Crippen LogP contribution < -0.4 is 16.5 Å². The minimum atomic E-state index is 0.349. The lowest BCUT2D eigenvalue weighted by atomic mass is 10.1. The molecule has 3 aromatic rings. The topological polar surface area (TPSA) is 67.9 Å². The summed E-state index contributed by atoms with van der Waals surface area (Å²) < 4.78 is 1.62. The summed E-state index contributed by atoms with van der Waals surface area (Å²) in [5.41, 5.74) is 13.0. The van der Waals surface area contributed by atoms with Crippen LogP contribution in [0.15, 0.2) is 60.8 Å². The number of aromatic nitrogens is 2. The van der Waals surface area contributed by atoms with Gasteiger partial charge in [-0.25, -0.2) is 9.66 Å². The van der Waals surface area contributed by atoms with Gasteiger partial charge < -0.3 is 11.1 Å². The molecule has 1 heterocycles. The summed E-state index contributed by atoms with van der Waals surface area (Å²) in [4.78, 5) is 4.37. The van der Waals surface area contributed by atoms with E-state index in [1.807, 2.05) is 54.7 Å². The fourth-order valence-corrected chi connectivity index (χ4v) is 2.65. The van der Waals surface area contributed by atoms with Crippen molar-refractivity contribution in [1.29, 1.82) is 0 Å². The highest BCUT2D eigenvalue weighted by atomic mass is 32.1. The lowest BCUT2D eigenvalue weighted by Gasteiger charge is -2.14. The molecule has 0 radical (unpaired) electrons. The van der Waals surface area contributed by atoms with Crippen LogP contribution >= 0.6 is 12.2 Å². The zero-order valence-electron chi connectivity index (χ0n) is 13.4. The largest absolute Gasteiger partial charge is 0.368 e. The summed E-state index contributed by atoms with van der Waals surface area (Å²) in [7, 11) is 0. The van der Waals surface area contributed by atoms with E-state index >= 15 is 0 Å². The summed E-state index contributed by atoms with van der Waals surface area (Å²) >= 11 is 5.38. The summed E-state index contributed by atoms with van der Waals surface area (Å²) in [6.07, 6.45) is 2.75. The van der Waals surface area contributed by atoms with Gasteiger partial charge in [-0.15, -0.1) is 0 Å². The molecule has 0 spiro atoms. The maximum atomic E-state index is 5.98. The molecule has 0 aliphatic heterocycles. The monoisotopic (exact) mass is 337 g/mol. The molecule has 0 bridgehead atoms. The second-order valence-corrected chi connectivity index (χ2v) is 5.71. The number of imidazole rings is 1. The van der Waals surface area contributed by atoms with Gasteiger partial charge in [0.15, 0.2) is 5.11 Å². The Morgan fingerprint density at radius 1 is 1.12 bits per heavy atom. The molecule has 5 nitrogen and oxygen atoms in total. The van der Waals surface area contributed by atoms with E-state index in [0.29, 0.717) is 11.1 Å². The maximum absolute atomic E-state index is 5.98. The van der Waals surface area contributed by atoms with Crippen molar-refractivity contribution >= 4 is 29.0 Å². The second kappa shape index (κ2) is 7.14. The van der Waals surface area contributed by atoms with Crippen molar-refractivity contribution in [2.24, 2.45) is 0 Å². The third-order valence-corrected chi connectivity index (χ3v) is 3.86. The smallest absolute Gasteiger partial charge is 0.220 e. The van der Waals surface area contributed by atoms with Gasteiger partial charge in [0, 0.05) is 11.3 Å². The SMILES string of the molecule is CCc1ccccc1NC(=S)Nn1cc(-c2ccccc2)nc1N. The number of anilines is 2. The number of rotatable bonds is 4. The van der Waals surface area contributed by atoms with Crippen LogP contribution in [0.1, 0.15) is 12.5 Å². The summed E-state index contributed by atoms with van der Waals surface area (Å²) in [5, 5.41) is 3.66. The molecule has 122 valence electrons. The van der Waals surface area contributed by atoms with Gasteiger partial charge >= 0.3 is 0 Å². The van der Waals surface area contributed by atoms with Gasteiger partial charge in [-0.1, -0.05) is 55.5 Å². The van der Waals surface area contributed by atoms with Gasteiger partial charge in [-0.2, -0.15) is 0 Å². The quantitative estimate of drug-likeness (QED) is 0.634. The van der Waals surface area contributed by atoms with Gasteiger partial charge in [0.25, 0.3) is 0 Å². The Hall–Kier alpha value is -2.86. The predicted octanol–water partition coefficient (Wildman–Crippen LogP) is 3.64. The van der Waals surface area contributed by atoms with E-state index in [1.165, 1.54) is 5.56 Å². The molecule has 0 aliphatic carbocycles. The highest BCUT2D eigenvalue weighted by molar-refractivity contribution is 7.80. The average Bonchev–Trinajstić information content (AvgIpc) is 2.97. The predicted molar refractivity (Wildman–Crippen MR) is 103 cm³/mol. The first-order chi connectivity index (χ1) is 11.7. The zero-order chi connectivity index (χ0) is 16.9. The zero-order valence-corrected chi connectivity index (χ0v) is 14.2. The van der Waals surface area contributed by atoms with E-state index in [4.69, 9.17) is 18.0 Å². The number of para-hydroxylation sites is 1. The Kier molecular flexibility index (Phi) is 4.77.